The van der Waals surface area contributed by atoms with Crippen LogP contribution in [0, 0.1) is 17.1 Å². The number of nitrogens with zero attached hydrogens (tertiary/aromatic N) is 7. The van der Waals surface area contributed by atoms with Crippen molar-refractivity contribution in [1.29, 1.82) is 5.26 Å². The fourth-order valence-corrected chi connectivity index (χ4v) is 9.70. The zero-order valence-electron chi connectivity index (χ0n) is 32.6. The van der Waals surface area contributed by atoms with E-state index in [-0.39, 0.29) is 41.2 Å². The number of hydrogen-bond acceptors (Lipinski definition) is 9. The first-order valence-electron chi connectivity index (χ1n) is 19.5. The monoisotopic (exact) mass is 791 g/mol. The summed E-state index contributed by atoms with van der Waals surface area (Å²) in [6.45, 7) is 15.1. The number of fused-ring (bicyclic) bond motifs is 3. The molecule has 0 N–H and O–H groups in total. The van der Waals surface area contributed by atoms with E-state index in [1.165, 1.54) is 17.0 Å². The maximum Gasteiger partial charge on any atom is 0.318 e. The van der Waals surface area contributed by atoms with Gasteiger partial charge < -0.3 is 23.9 Å². The third-order valence-electron chi connectivity index (χ3n) is 12.6. The smallest absolute Gasteiger partial charge is 0.318 e. The minimum atomic E-state index is -2.13. The Balaban J connectivity index is 1.16. The normalized spacial score (nSPS) is 20.5. The molecule has 1 aromatic heterocycles. The van der Waals surface area contributed by atoms with Crippen molar-refractivity contribution >= 4 is 48.1 Å². The van der Waals surface area contributed by atoms with Gasteiger partial charge in [-0.3, -0.25) is 9.69 Å². The van der Waals surface area contributed by atoms with E-state index in [1.54, 1.807) is 6.07 Å². The molecule has 0 aliphatic carbocycles. The highest BCUT2D eigenvalue weighted by Gasteiger charge is 2.45. The molecule has 4 aliphatic rings. The Morgan fingerprint density at radius 2 is 1.85 bits per heavy atom. The molecule has 0 radical (unpaired) electrons. The largest absolute Gasteiger partial charge is 0.461 e. The average Bonchev–Trinajstić information content (AvgIpc) is 3.75. The van der Waals surface area contributed by atoms with Crippen LogP contribution in [0.4, 0.5) is 20.3 Å². The summed E-state index contributed by atoms with van der Waals surface area (Å²) in [5.74, 6) is -1.36. The molecule has 4 aliphatic heterocycles. The number of piperazine rings is 1. The molecule has 1 amide bonds. The number of carbonyl (C=O) groups is 1. The van der Waals surface area contributed by atoms with Crippen LogP contribution in [0.2, 0.25) is 23.2 Å². The number of nitriles is 1. The minimum absolute atomic E-state index is 0.00751. The third-order valence-corrected chi connectivity index (χ3v) is 17.5. The molecule has 55 heavy (non-hydrogen) atoms. The number of anilines is 2. The van der Waals surface area contributed by atoms with E-state index in [0.717, 1.165) is 61.1 Å². The van der Waals surface area contributed by atoms with Crippen molar-refractivity contribution in [3.8, 4) is 12.1 Å². The zero-order valence-corrected chi connectivity index (χ0v) is 34.4. The van der Waals surface area contributed by atoms with E-state index >= 15 is 4.39 Å². The van der Waals surface area contributed by atoms with Crippen LogP contribution in [-0.4, -0.2) is 98.1 Å². The lowest BCUT2D eigenvalue weighted by Gasteiger charge is -2.42. The Hall–Kier alpha value is -3.83. The first-order valence-corrected chi connectivity index (χ1v) is 22.8. The number of halogens is 3. The molecule has 5 heterocycles. The molecule has 0 bridgehead atoms. The van der Waals surface area contributed by atoms with Gasteiger partial charge >= 0.3 is 6.01 Å². The lowest BCUT2D eigenvalue weighted by Crippen LogP contribution is -2.56. The van der Waals surface area contributed by atoms with Crippen LogP contribution in [0.25, 0.3) is 10.8 Å². The van der Waals surface area contributed by atoms with Gasteiger partial charge in [-0.1, -0.05) is 50.6 Å². The maximum atomic E-state index is 15.4. The second-order valence-corrected chi connectivity index (χ2v) is 22.1. The van der Waals surface area contributed by atoms with E-state index in [9.17, 15) is 14.4 Å². The van der Waals surface area contributed by atoms with Gasteiger partial charge in [0.1, 0.15) is 18.2 Å². The summed E-state index contributed by atoms with van der Waals surface area (Å²) < 4.78 is 42.8. The summed E-state index contributed by atoms with van der Waals surface area (Å²) in [7, 11) is -2.13. The maximum absolute atomic E-state index is 15.4. The van der Waals surface area contributed by atoms with E-state index < -0.39 is 31.9 Å². The molecule has 7 rings (SSSR count). The molecule has 10 nitrogen and oxygen atoms in total. The van der Waals surface area contributed by atoms with Crippen LogP contribution in [0.15, 0.2) is 42.2 Å². The van der Waals surface area contributed by atoms with Gasteiger partial charge in [-0.25, -0.2) is 8.78 Å². The van der Waals surface area contributed by atoms with Crippen molar-refractivity contribution in [2.24, 2.45) is 0 Å². The lowest BCUT2D eigenvalue weighted by atomic mass is 9.95. The Morgan fingerprint density at radius 3 is 2.58 bits per heavy atom. The highest BCUT2D eigenvalue weighted by atomic mass is 35.5. The van der Waals surface area contributed by atoms with Gasteiger partial charge in [0.05, 0.1) is 47.9 Å². The molecule has 14 heteroatoms. The predicted octanol–water partition coefficient (Wildman–Crippen LogP) is 7.80. The van der Waals surface area contributed by atoms with Crippen molar-refractivity contribution < 1.29 is 22.7 Å². The van der Waals surface area contributed by atoms with E-state index in [0.29, 0.717) is 50.4 Å². The second-order valence-electron chi connectivity index (χ2n) is 17.0. The summed E-state index contributed by atoms with van der Waals surface area (Å²) in [4.78, 5) is 31.8. The fourth-order valence-electron chi connectivity index (χ4n) is 8.49. The van der Waals surface area contributed by atoms with Gasteiger partial charge in [0.25, 0.3) is 5.91 Å². The van der Waals surface area contributed by atoms with Crippen LogP contribution in [0.1, 0.15) is 64.1 Å². The standard InChI is InChI=1S/C41H52ClF2N7O3Si/c1-40(2,3)55(4,5)54-24-15-32(44)38(52)51-23-22-49(25-29(51)13-18-45)37-30-14-21-48(34-10-6-9-28-11-12-31(43)36(42)35(28)34)26-33(30)46-39(47-37)53-27-41-16-7-19-50(41)20-8-17-41/h6,9-12,15,29H,7-8,13-14,16-17,19-27H2,1-5H3/b32-15-/t29-/m0/s1. The second kappa shape index (κ2) is 15.6. The Labute approximate surface area is 329 Å². The molecule has 0 unspecified atom stereocenters. The number of ether oxygens (including phenoxy) is 1. The van der Waals surface area contributed by atoms with Gasteiger partial charge in [0.15, 0.2) is 14.1 Å². The molecule has 3 fully saturated rings. The van der Waals surface area contributed by atoms with E-state index in [1.807, 2.05) is 18.2 Å². The first kappa shape index (κ1) is 39.4. The third kappa shape index (κ3) is 7.80. The molecule has 0 saturated carbocycles. The molecular formula is C41H52ClF2N7O3Si. The molecular weight excluding hydrogens is 740 g/mol. The van der Waals surface area contributed by atoms with Crippen LogP contribution in [0.5, 0.6) is 6.01 Å². The summed E-state index contributed by atoms with van der Waals surface area (Å²) in [6, 6.07) is 10.9. The fraction of sp³-hybridized carbons (Fsp3) is 0.561. The summed E-state index contributed by atoms with van der Waals surface area (Å²) in [5.41, 5.74) is 2.58. The van der Waals surface area contributed by atoms with Gasteiger partial charge in [0.2, 0.25) is 0 Å². The predicted molar refractivity (Wildman–Crippen MR) is 214 cm³/mol. The van der Waals surface area contributed by atoms with Gasteiger partial charge in [-0.15, -0.1) is 0 Å². The molecule has 1 atom stereocenters. The highest BCUT2D eigenvalue weighted by molar-refractivity contribution is 6.74. The van der Waals surface area contributed by atoms with Crippen LogP contribution >= 0.6 is 11.6 Å². The Kier molecular flexibility index (Phi) is 11.2. The zero-order chi connectivity index (χ0) is 39.1. The van der Waals surface area contributed by atoms with Crippen molar-refractivity contribution in [2.75, 3.05) is 62.3 Å². The van der Waals surface area contributed by atoms with Crippen LogP contribution < -0.4 is 14.5 Å². The van der Waals surface area contributed by atoms with Crippen molar-refractivity contribution in [3.05, 3.63) is 64.3 Å². The van der Waals surface area contributed by atoms with Gasteiger partial charge in [0, 0.05) is 42.8 Å². The number of aromatic nitrogens is 2. The molecule has 3 aromatic rings. The SMILES string of the molecule is CC(C)(C)[Si](C)(C)OC/C=C(\F)C(=O)N1CCN(c2nc(OCC34CCCN3CCC4)nc3c2CCN(c2cccc4ccc(F)c(Cl)c24)C3)C[C@@H]1CC#N. The minimum Gasteiger partial charge on any atom is -0.461 e. The van der Waals surface area contributed by atoms with E-state index in [4.69, 9.17) is 30.7 Å². The van der Waals surface area contributed by atoms with Crippen LogP contribution in [0.3, 0.4) is 0 Å². The highest BCUT2D eigenvalue weighted by Crippen LogP contribution is 2.41. The van der Waals surface area contributed by atoms with Crippen molar-refractivity contribution in [2.45, 2.75) is 95.6 Å². The molecule has 3 saturated heterocycles. The topological polar surface area (TPSA) is 98.1 Å². The number of carbonyl (C=O) groups excluding carboxylic acids is 1. The summed E-state index contributed by atoms with van der Waals surface area (Å²) >= 11 is 6.56. The number of benzene rings is 2. The number of amides is 1. The Morgan fingerprint density at radius 1 is 1.09 bits per heavy atom. The lowest BCUT2D eigenvalue weighted by molar-refractivity contribution is -0.131. The van der Waals surface area contributed by atoms with Gasteiger partial charge in [-0.05, 0) is 86.9 Å². The van der Waals surface area contributed by atoms with Crippen molar-refractivity contribution in [3.63, 3.8) is 0 Å². The molecule has 0 spiro atoms. The average molecular weight is 792 g/mol. The first-order chi connectivity index (χ1) is 26.2. The molecule has 2 aromatic carbocycles. The van der Waals surface area contributed by atoms with Crippen molar-refractivity contribution in [1.82, 2.24) is 19.8 Å². The summed E-state index contributed by atoms with van der Waals surface area (Å²) in [5, 5.41) is 11.4. The number of hydrogen-bond donors (Lipinski definition) is 0. The van der Waals surface area contributed by atoms with E-state index in [2.05, 4.69) is 54.6 Å². The van der Waals surface area contributed by atoms with Crippen LogP contribution in [-0.2, 0) is 22.2 Å². The Bertz CT molecular complexity index is 2010. The number of rotatable bonds is 10. The molecule has 294 valence electrons. The summed E-state index contributed by atoms with van der Waals surface area (Å²) in [6.07, 6.45) is 6.31. The quantitative estimate of drug-likeness (QED) is 0.151. The van der Waals surface area contributed by atoms with Gasteiger partial charge in [-0.2, -0.15) is 15.2 Å².